The van der Waals surface area contributed by atoms with E-state index in [2.05, 4.69) is 6.92 Å². The summed E-state index contributed by atoms with van der Waals surface area (Å²) in [7, 11) is 0. The van der Waals surface area contributed by atoms with Crippen molar-refractivity contribution in [3.8, 4) is 0 Å². The SMILES string of the molecule is CCCCCCCCCCCCCCCCCC(=O)O.[N-]=[N+]=[N-].[Na+].[Na+]. The molecular formula is C18H36N3Na2O2+. The summed E-state index contributed by atoms with van der Waals surface area (Å²) in [4.78, 5) is 11.8. The van der Waals surface area contributed by atoms with Crippen molar-refractivity contribution in [2.24, 2.45) is 0 Å². The minimum Gasteiger partial charge on any atom is -0.481 e. The quantitative estimate of drug-likeness (QED) is 0.145. The van der Waals surface area contributed by atoms with Crippen LogP contribution in [-0.4, -0.2) is 11.1 Å². The second kappa shape index (κ2) is 32.5. The topological polar surface area (TPSA) is 96.0 Å². The fourth-order valence-corrected chi connectivity index (χ4v) is 2.65. The molecule has 0 aromatic carbocycles. The van der Waals surface area contributed by atoms with Gasteiger partial charge in [-0.3, -0.25) is 9.71 Å². The third-order valence-corrected chi connectivity index (χ3v) is 3.99. The average molecular weight is 372 g/mol. The molecule has 25 heavy (non-hydrogen) atoms. The first-order valence-electron chi connectivity index (χ1n) is 9.39. The number of carboxylic acids is 1. The van der Waals surface area contributed by atoms with Gasteiger partial charge in [0.2, 0.25) is 0 Å². The number of unbranched alkanes of at least 4 members (excludes halogenated alkanes) is 14. The molecule has 0 unspecified atom stereocenters. The maximum Gasteiger partial charge on any atom is 1.00 e. The molecule has 1 N–H and O–H groups in total. The van der Waals surface area contributed by atoms with Crippen LogP contribution in [0.5, 0.6) is 0 Å². The zero-order chi connectivity index (χ0) is 17.6. The first-order chi connectivity index (χ1) is 11.2. The van der Waals surface area contributed by atoms with Crippen molar-refractivity contribution in [2.45, 2.75) is 110 Å². The largest absolute Gasteiger partial charge is 1.00 e. The zero-order valence-corrected chi connectivity index (χ0v) is 21.0. The predicted molar refractivity (Wildman–Crippen MR) is 97.3 cm³/mol. The Kier molecular flexibility index (Phi) is 43.3. The first kappa shape index (κ1) is 33.4. The Morgan fingerprint density at radius 1 is 0.680 bits per heavy atom. The van der Waals surface area contributed by atoms with E-state index in [0.29, 0.717) is 6.42 Å². The van der Waals surface area contributed by atoms with Crippen molar-refractivity contribution in [2.75, 3.05) is 0 Å². The van der Waals surface area contributed by atoms with Crippen molar-refractivity contribution in [1.29, 1.82) is 0 Å². The van der Waals surface area contributed by atoms with E-state index in [1.165, 1.54) is 88.4 Å². The van der Waals surface area contributed by atoms with Crippen LogP contribution in [-0.2, 0) is 4.79 Å². The fourth-order valence-electron chi connectivity index (χ4n) is 2.65. The van der Waals surface area contributed by atoms with Crippen LogP contribution in [0.3, 0.4) is 0 Å². The number of aliphatic carboxylic acids is 1. The van der Waals surface area contributed by atoms with Gasteiger partial charge in [0.05, 0.1) is 0 Å². The minimum atomic E-state index is -0.653. The molecule has 0 amide bonds. The van der Waals surface area contributed by atoms with E-state index < -0.39 is 5.97 Å². The van der Waals surface area contributed by atoms with Crippen LogP contribution in [0, 0.1) is 0 Å². The molecule has 0 fully saturated rings. The van der Waals surface area contributed by atoms with E-state index in [0.717, 1.165) is 12.8 Å². The maximum absolute atomic E-state index is 10.3. The van der Waals surface area contributed by atoms with Gasteiger partial charge in [-0.2, -0.15) is 0 Å². The van der Waals surface area contributed by atoms with Crippen molar-refractivity contribution in [3.63, 3.8) is 0 Å². The van der Waals surface area contributed by atoms with Crippen LogP contribution in [0.4, 0.5) is 0 Å². The summed E-state index contributed by atoms with van der Waals surface area (Å²) < 4.78 is 0. The fraction of sp³-hybridized carbons (Fsp3) is 0.944. The summed E-state index contributed by atoms with van der Waals surface area (Å²) in [6.07, 6.45) is 20.2. The summed E-state index contributed by atoms with van der Waals surface area (Å²) >= 11 is 0. The van der Waals surface area contributed by atoms with Crippen molar-refractivity contribution in [3.05, 3.63) is 16.0 Å². The van der Waals surface area contributed by atoms with Gasteiger partial charge in [0.15, 0.2) is 0 Å². The standard InChI is InChI=1S/C18H36O2.N3.2Na/c1-2-3-4-5-6-7-8-9-10-11-12-13-14-15-16-17-18(19)20;1-3-2;;/h2-17H2,1H3,(H,19,20);;;/q;-1;2*+1. The molecule has 0 aromatic heterocycles. The molecule has 7 heteroatoms. The predicted octanol–water partition coefficient (Wildman–Crippen LogP) is 1.21. The summed E-state index contributed by atoms with van der Waals surface area (Å²) in [6, 6.07) is 0. The molecule has 0 heterocycles. The van der Waals surface area contributed by atoms with Gasteiger partial charge in [0.1, 0.15) is 0 Å². The molecule has 0 aliphatic rings. The number of carbonyl (C=O) groups is 1. The van der Waals surface area contributed by atoms with Crippen molar-refractivity contribution < 1.29 is 69.0 Å². The molecule has 0 aliphatic carbocycles. The van der Waals surface area contributed by atoms with E-state index in [-0.39, 0.29) is 59.1 Å². The second-order valence-electron chi connectivity index (χ2n) is 6.18. The molecule has 0 saturated carbocycles. The first-order valence-corrected chi connectivity index (χ1v) is 9.39. The number of hydrogen-bond donors (Lipinski definition) is 1. The van der Waals surface area contributed by atoms with Crippen LogP contribution in [0.25, 0.3) is 16.0 Å². The summed E-state index contributed by atoms with van der Waals surface area (Å²) in [6.45, 7) is 2.27. The van der Waals surface area contributed by atoms with Crippen LogP contribution in [0.1, 0.15) is 110 Å². The van der Waals surface area contributed by atoms with E-state index in [4.69, 9.17) is 16.2 Å². The number of carboxylic acid groups (broad SMARTS) is 1. The Morgan fingerprint density at radius 3 is 1.16 bits per heavy atom. The van der Waals surface area contributed by atoms with Gasteiger partial charge >= 0.3 is 65.1 Å². The van der Waals surface area contributed by atoms with E-state index in [1.807, 2.05) is 0 Å². The second-order valence-corrected chi connectivity index (χ2v) is 6.18. The van der Waals surface area contributed by atoms with Crippen LogP contribution >= 0.6 is 0 Å². The number of hydrogen-bond acceptors (Lipinski definition) is 1. The monoisotopic (exact) mass is 372 g/mol. The van der Waals surface area contributed by atoms with E-state index >= 15 is 0 Å². The molecule has 0 bridgehead atoms. The Morgan fingerprint density at radius 2 is 0.920 bits per heavy atom. The summed E-state index contributed by atoms with van der Waals surface area (Å²) in [5.41, 5.74) is 13.5. The van der Waals surface area contributed by atoms with E-state index in [1.54, 1.807) is 0 Å². The van der Waals surface area contributed by atoms with Gasteiger partial charge in [-0.1, -0.05) is 96.8 Å². The van der Waals surface area contributed by atoms with Gasteiger partial charge in [0.25, 0.3) is 0 Å². The molecule has 5 nitrogen and oxygen atoms in total. The van der Waals surface area contributed by atoms with Gasteiger partial charge in [0, 0.05) is 6.42 Å². The van der Waals surface area contributed by atoms with Crippen molar-refractivity contribution >= 4 is 5.97 Å². The Hall–Kier alpha value is 0.780. The van der Waals surface area contributed by atoms with Crippen LogP contribution in [0.2, 0.25) is 0 Å². The smallest absolute Gasteiger partial charge is 0.481 e. The molecule has 0 aromatic rings. The Bertz CT molecular complexity index is 287. The third kappa shape index (κ3) is 40.7. The van der Waals surface area contributed by atoms with Crippen molar-refractivity contribution in [1.82, 2.24) is 0 Å². The third-order valence-electron chi connectivity index (χ3n) is 3.99. The van der Waals surface area contributed by atoms with Gasteiger partial charge in [-0.25, -0.2) is 0 Å². The maximum atomic E-state index is 10.3. The molecule has 0 atom stereocenters. The molecule has 0 saturated heterocycles. The Labute approximate surface area is 199 Å². The zero-order valence-electron chi connectivity index (χ0n) is 17.0. The summed E-state index contributed by atoms with van der Waals surface area (Å²) in [5.74, 6) is -0.653. The van der Waals surface area contributed by atoms with E-state index in [9.17, 15) is 4.79 Å². The number of rotatable bonds is 16. The molecule has 0 radical (unpaired) electrons. The minimum absolute atomic E-state index is 0. The molecule has 0 aliphatic heterocycles. The Balaban J connectivity index is -0.000000409. The molecule has 136 valence electrons. The molecule has 0 spiro atoms. The van der Waals surface area contributed by atoms with Crippen LogP contribution in [0.15, 0.2) is 0 Å². The summed E-state index contributed by atoms with van der Waals surface area (Å²) in [5, 5.41) is 8.52. The number of nitrogens with zero attached hydrogens (tertiary/aromatic N) is 3. The average Bonchev–Trinajstić information content (AvgIpc) is 2.51. The molecular weight excluding hydrogens is 336 g/mol. The van der Waals surface area contributed by atoms with Crippen LogP contribution < -0.4 is 59.1 Å². The van der Waals surface area contributed by atoms with Gasteiger partial charge < -0.3 is 16.2 Å². The normalized spacial score (nSPS) is 9.00. The van der Waals surface area contributed by atoms with Gasteiger partial charge in [-0.05, 0) is 6.42 Å². The molecule has 0 rings (SSSR count). The van der Waals surface area contributed by atoms with Gasteiger partial charge in [-0.15, -0.1) is 0 Å².